The molecule has 0 aromatic heterocycles. The summed E-state index contributed by atoms with van der Waals surface area (Å²) in [5, 5.41) is 7.57. The van der Waals surface area contributed by atoms with Crippen molar-refractivity contribution in [1.82, 2.24) is 5.01 Å². The molecule has 1 saturated carbocycles. The number of nitrogens with zero attached hydrogens (tertiary/aromatic N) is 3. The van der Waals surface area contributed by atoms with Crippen LogP contribution in [0.25, 0.3) is 0 Å². The highest BCUT2D eigenvalue weighted by atomic mass is 32.2. The van der Waals surface area contributed by atoms with Crippen molar-refractivity contribution in [3.8, 4) is 0 Å². The molecule has 1 aliphatic carbocycles. The van der Waals surface area contributed by atoms with Crippen molar-refractivity contribution in [2.75, 3.05) is 5.75 Å². The zero-order valence-electron chi connectivity index (χ0n) is 11.1. The first kappa shape index (κ1) is 12.2. The molecular formula is C13H19N3OS. The van der Waals surface area contributed by atoms with Crippen LogP contribution in [0.3, 0.4) is 0 Å². The van der Waals surface area contributed by atoms with Gasteiger partial charge in [-0.15, -0.1) is 0 Å². The first-order chi connectivity index (χ1) is 8.48. The Hall–Kier alpha value is -0.840. The fourth-order valence-electron chi connectivity index (χ4n) is 3.19. The average molecular weight is 265 g/mol. The van der Waals surface area contributed by atoms with Crippen LogP contribution in [-0.2, 0) is 4.79 Å². The van der Waals surface area contributed by atoms with Gasteiger partial charge in [0.1, 0.15) is 0 Å². The number of fused-ring (bicyclic) bond motifs is 1. The maximum absolute atomic E-state index is 11.3. The Balaban J connectivity index is 1.91. The second-order valence-corrected chi connectivity index (χ2v) is 7.02. The van der Waals surface area contributed by atoms with Gasteiger partial charge in [0, 0.05) is 11.6 Å². The van der Waals surface area contributed by atoms with E-state index >= 15 is 0 Å². The smallest absolute Gasteiger partial charge is 0.258 e. The minimum Gasteiger partial charge on any atom is -0.272 e. The molecule has 0 spiro atoms. The van der Waals surface area contributed by atoms with E-state index in [1.807, 2.05) is 5.01 Å². The van der Waals surface area contributed by atoms with Crippen LogP contribution in [-0.4, -0.2) is 33.1 Å². The van der Waals surface area contributed by atoms with E-state index < -0.39 is 0 Å². The van der Waals surface area contributed by atoms with Gasteiger partial charge >= 0.3 is 0 Å². The summed E-state index contributed by atoms with van der Waals surface area (Å²) in [5.74, 6) is 1.69. The van der Waals surface area contributed by atoms with Gasteiger partial charge in [0.25, 0.3) is 5.91 Å². The molecule has 0 N–H and O–H groups in total. The van der Waals surface area contributed by atoms with Gasteiger partial charge in [0.2, 0.25) is 0 Å². The van der Waals surface area contributed by atoms with Gasteiger partial charge < -0.3 is 0 Å². The minimum absolute atomic E-state index is 0.0331. The van der Waals surface area contributed by atoms with Crippen molar-refractivity contribution >= 4 is 28.5 Å². The molecule has 2 heterocycles. The molecule has 0 aromatic rings. The van der Waals surface area contributed by atoms with E-state index in [-0.39, 0.29) is 11.4 Å². The number of thioether (sulfide) groups is 1. The highest BCUT2D eigenvalue weighted by Crippen LogP contribution is 2.43. The summed E-state index contributed by atoms with van der Waals surface area (Å²) in [6.45, 7) is 6.73. The van der Waals surface area contributed by atoms with E-state index in [4.69, 9.17) is 5.10 Å². The monoisotopic (exact) mass is 265 g/mol. The van der Waals surface area contributed by atoms with Gasteiger partial charge in [-0.2, -0.15) is 10.1 Å². The van der Waals surface area contributed by atoms with Gasteiger partial charge in [0.05, 0.1) is 11.3 Å². The van der Waals surface area contributed by atoms with Gasteiger partial charge in [0.15, 0.2) is 5.17 Å². The molecule has 0 radical (unpaired) electrons. The van der Waals surface area contributed by atoms with Gasteiger partial charge in [-0.05, 0) is 39.0 Å². The molecule has 1 amide bonds. The minimum atomic E-state index is -0.0358. The standard InChI is InChI=1S/C13H19N3OS/c1-8-4-5-9-10(6-8)15-16(13(9,2)3)12-14-11(17)7-18-12/h8-9H,4-7H2,1-3H3/t8-,9-/m1/s1. The summed E-state index contributed by atoms with van der Waals surface area (Å²) in [5.41, 5.74) is 1.27. The Morgan fingerprint density at radius 3 is 2.83 bits per heavy atom. The summed E-state index contributed by atoms with van der Waals surface area (Å²) in [6.07, 6.45) is 3.57. The zero-order valence-corrected chi connectivity index (χ0v) is 12.0. The molecule has 0 bridgehead atoms. The van der Waals surface area contributed by atoms with Crippen molar-refractivity contribution in [3.05, 3.63) is 0 Å². The normalized spacial score (nSPS) is 34.4. The van der Waals surface area contributed by atoms with Crippen molar-refractivity contribution in [2.24, 2.45) is 21.9 Å². The van der Waals surface area contributed by atoms with E-state index in [1.165, 1.54) is 30.3 Å². The fraction of sp³-hybridized carbons (Fsp3) is 0.769. The van der Waals surface area contributed by atoms with Crippen molar-refractivity contribution in [1.29, 1.82) is 0 Å². The maximum Gasteiger partial charge on any atom is 0.258 e. The second-order valence-electron chi connectivity index (χ2n) is 6.07. The summed E-state index contributed by atoms with van der Waals surface area (Å²) in [7, 11) is 0. The number of aliphatic imine (C=N–C) groups is 1. The van der Waals surface area contributed by atoms with E-state index in [1.54, 1.807) is 0 Å². The number of hydrazone groups is 1. The Kier molecular flexibility index (Phi) is 2.77. The number of amides is 1. The molecule has 1 fully saturated rings. The van der Waals surface area contributed by atoms with Crippen LogP contribution in [0.2, 0.25) is 0 Å². The predicted molar refractivity (Wildman–Crippen MR) is 74.8 cm³/mol. The summed E-state index contributed by atoms with van der Waals surface area (Å²) in [6, 6.07) is 0. The van der Waals surface area contributed by atoms with Crippen LogP contribution in [0.1, 0.15) is 40.0 Å². The number of rotatable bonds is 0. The molecule has 0 aromatic carbocycles. The van der Waals surface area contributed by atoms with Crippen molar-refractivity contribution in [2.45, 2.75) is 45.6 Å². The lowest BCUT2D eigenvalue weighted by molar-refractivity contribution is -0.115. The molecule has 98 valence electrons. The van der Waals surface area contributed by atoms with Gasteiger partial charge in [-0.25, -0.2) is 5.01 Å². The Labute approximate surface area is 112 Å². The first-order valence-electron chi connectivity index (χ1n) is 6.60. The third-order valence-corrected chi connectivity index (χ3v) is 5.18. The van der Waals surface area contributed by atoms with Crippen LogP contribution >= 0.6 is 11.8 Å². The van der Waals surface area contributed by atoms with Crippen LogP contribution in [0.15, 0.2) is 10.1 Å². The van der Waals surface area contributed by atoms with Crippen LogP contribution in [0, 0.1) is 11.8 Å². The van der Waals surface area contributed by atoms with E-state index in [2.05, 4.69) is 25.8 Å². The van der Waals surface area contributed by atoms with Gasteiger partial charge in [-0.3, -0.25) is 4.79 Å². The maximum atomic E-state index is 11.3. The fourth-order valence-corrected chi connectivity index (χ4v) is 4.07. The van der Waals surface area contributed by atoms with E-state index in [0.717, 1.165) is 17.5 Å². The second kappa shape index (κ2) is 4.08. The molecule has 3 aliphatic rings. The quantitative estimate of drug-likeness (QED) is 0.676. The predicted octanol–water partition coefficient (Wildman–Crippen LogP) is 2.50. The molecular weight excluding hydrogens is 246 g/mol. The topological polar surface area (TPSA) is 45.0 Å². The lowest BCUT2D eigenvalue weighted by Gasteiger charge is -2.37. The molecule has 4 nitrogen and oxygen atoms in total. The van der Waals surface area contributed by atoms with E-state index in [0.29, 0.717) is 11.7 Å². The molecule has 18 heavy (non-hydrogen) atoms. The third-order valence-electron chi connectivity index (χ3n) is 4.26. The van der Waals surface area contributed by atoms with Crippen molar-refractivity contribution in [3.63, 3.8) is 0 Å². The molecule has 2 aliphatic heterocycles. The Morgan fingerprint density at radius 2 is 2.17 bits per heavy atom. The van der Waals surface area contributed by atoms with Crippen LogP contribution in [0.4, 0.5) is 0 Å². The first-order valence-corrected chi connectivity index (χ1v) is 7.59. The number of carbonyl (C=O) groups is 1. The van der Waals surface area contributed by atoms with Crippen LogP contribution < -0.4 is 0 Å². The van der Waals surface area contributed by atoms with E-state index in [9.17, 15) is 4.79 Å². The zero-order chi connectivity index (χ0) is 12.9. The highest BCUT2D eigenvalue weighted by molar-refractivity contribution is 8.14. The third kappa shape index (κ3) is 1.79. The largest absolute Gasteiger partial charge is 0.272 e. The number of hydrogen-bond donors (Lipinski definition) is 0. The summed E-state index contributed by atoms with van der Waals surface area (Å²) < 4.78 is 0. The molecule has 2 atom stereocenters. The molecule has 5 heteroatoms. The number of carbonyl (C=O) groups excluding carboxylic acids is 1. The Bertz CT molecular complexity index is 455. The molecule has 0 saturated heterocycles. The molecule has 0 unspecified atom stereocenters. The SMILES string of the molecule is C[C@@H]1CC[C@@H]2C(=NN(C3=NC(=O)CS3)C2(C)C)C1. The lowest BCUT2D eigenvalue weighted by Crippen LogP contribution is -2.46. The average Bonchev–Trinajstić information content (AvgIpc) is 2.81. The Morgan fingerprint density at radius 1 is 1.39 bits per heavy atom. The number of hydrogen-bond acceptors (Lipinski definition) is 4. The number of amidine groups is 1. The summed E-state index contributed by atoms with van der Waals surface area (Å²) >= 11 is 1.52. The highest BCUT2D eigenvalue weighted by Gasteiger charge is 2.48. The van der Waals surface area contributed by atoms with Gasteiger partial charge in [-0.1, -0.05) is 18.7 Å². The lowest BCUT2D eigenvalue weighted by atomic mass is 9.73. The molecule has 3 rings (SSSR count). The van der Waals surface area contributed by atoms with Crippen LogP contribution in [0.5, 0.6) is 0 Å². The summed E-state index contributed by atoms with van der Waals surface area (Å²) in [4.78, 5) is 15.4. The van der Waals surface area contributed by atoms with Crippen molar-refractivity contribution < 1.29 is 4.79 Å².